The summed E-state index contributed by atoms with van der Waals surface area (Å²) < 4.78 is 58.2. The van der Waals surface area contributed by atoms with E-state index in [0.29, 0.717) is 5.69 Å². The van der Waals surface area contributed by atoms with Crippen LogP contribution in [0, 0.1) is 5.82 Å². The molecule has 0 fully saturated rings. The molecule has 0 amide bonds. The van der Waals surface area contributed by atoms with E-state index in [1.807, 2.05) is 0 Å². The summed E-state index contributed by atoms with van der Waals surface area (Å²) in [7, 11) is 0. The van der Waals surface area contributed by atoms with Crippen LogP contribution >= 0.6 is 11.6 Å². The van der Waals surface area contributed by atoms with Gasteiger partial charge in [0.1, 0.15) is 18.5 Å². The fourth-order valence-electron chi connectivity index (χ4n) is 4.13. The number of fused-ring (bicyclic) bond motifs is 1. The molecule has 2 heterocycles. The molecule has 12 heteroatoms. The Morgan fingerprint density at radius 1 is 1.29 bits per heavy atom. The Hall–Kier alpha value is -3.05. The van der Waals surface area contributed by atoms with Crippen LogP contribution in [-0.4, -0.2) is 38.2 Å². The Morgan fingerprint density at radius 2 is 2.03 bits per heavy atom. The molecule has 182 valence electrons. The van der Waals surface area contributed by atoms with Crippen LogP contribution in [0.1, 0.15) is 31.3 Å². The maximum absolute atomic E-state index is 14.6. The molecule has 0 saturated carbocycles. The van der Waals surface area contributed by atoms with Crippen LogP contribution in [0.4, 0.5) is 28.9 Å². The Morgan fingerprint density at radius 3 is 2.62 bits per heavy atom. The van der Waals surface area contributed by atoms with Gasteiger partial charge in [-0.2, -0.15) is 17.9 Å². The first-order valence-corrected chi connectivity index (χ1v) is 10.9. The first kappa shape index (κ1) is 24.1. The van der Waals surface area contributed by atoms with Crippen molar-refractivity contribution < 1.29 is 22.7 Å². The van der Waals surface area contributed by atoms with Crippen molar-refractivity contribution in [3.8, 4) is 5.69 Å². The zero-order chi connectivity index (χ0) is 24.8. The largest absolute Gasteiger partial charge is 0.408 e. The summed E-state index contributed by atoms with van der Waals surface area (Å²) in [6.45, 7) is 2.31. The van der Waals surface area contributed by atoms with Gasteiger partial charge >= 0.3 is 11.9 Å². The molecule has 0 radical (unpaired) electrons. The predicted octanol–water partition coefficient (Wildman–Crippen LogP) is 4.26. The lowest BCUT2D eigenvalue weighted by atomic mass is 9.99. The van der Waals surface area contributed by atoms with Crippen LogP contribution < -0.4 is 15.9 Å². The molecule has 0 saturated heterocycles. The molecule has 1 aliphatic heterocycles. The second-order valence-electron chi connectivity index (χ2n) is 7.92. The van der Waals surface area contributed by atoms with Crippen LogP contribution in [0.25, 0.3) is 5.69 Å². The quantitative estimate of drug-likeness (QED) is 0.513. The van der Waals surface area contributed by atoms with E-state index in [-0.39, 0.29) is 40.9 Å². The van der Waals surface area contributed by atoms with Crippen molar-refractivity contribution in [1.29, 1.82) is 0 Å². The van der Waals surface area contributed by atoms with Gasteiger partial charge in [0.05, 0.1) is 23.1 Å². The van der Waals surface area contributed by atoms with E-state index < -0.39 is 36.4 Å². The van der Waals surface area contributed by atoms with Crippen LogP contribution in [0.2, 0.25) is 5.02 Å². The maximum atomic E-state index is 14.6. The van der Waals surface area contributed by atoms with Crippen molar-refractivity contribution in [2.75, 3.05) is 16.8 Å². The molecule has 2 N–H and O–H groups in total. The number of hydrogen-bond donors (Lipinski definition) is 2. The average molecular weight is 500 g/mol. The van der Waals surface area contributed by atoms with Gasteiger partial charge in [-0.05, 0) is 44.2 Å². The van der Waals surface area contributed by atoms with E-state index in [0.717, 1.165) is 16.5 Å². The highest BCUT2D eigenvalue weighted by Gasteiger charge is 2.43. The van der Waals surface area contributed by atoms with Crippen LogP contribution in [0.5, 0.6) is 0 Å². The highest BCUT2D eigenvalue weighted by molar-refractivity contribution is 6.31. The SMILES string of the molecule is CCn1c(CO)nn(-c2ccc3c(c2)N(C(C)C(F)(F)F)CC(c2c(F)cccc2Cl)N3)c1=O. The number of aromatic nitrogens is 3. The molecule has 0 spiro atoms. The van der Waals surface area contributed by atoms with Gasteiger partial charge in [-0.25, -0.2) is 9.18 Å². The minimum atomic E-state index is -4.57. The predicted molar refractivity (Wildman–Crippen MR) is 120 cm³/mol. The Balaban J connectivity index is 1.84. The molecule has 34 heavy (non-hydrogen) atoms. The number of anilines is 2. The number of aliphatic hydroxyl groups excluding tert-OH is 1. The molecule has 4 rings (SSSR count). The lowest BCUT2D eigenvalue weighted by molar-refractivity contribution is -0.144. The van der Waals surface area contributed by atoms with E-state index in [4.69, 9.17) is 11.6 Å². The van der Waals surface area contributed by atoms with Gasteiger partial charge in [-0.3, -0.25) is 4.57 Å². The monoisotopic (exact) mass is 499 g/mol. The molecule has 1 aliphatic rings. The van der Waals surface area contributed by atoms with Crippen molar-refractivity contribution in [1.82, 2.24) is 14.3 Å². The van der Waals surface area contributed by atoms with Crippen molar-refractivity contribution in [2.24, 2.45) is 0 Å². The fourth-order valence-corrected chi connectivity index (χ4v) is 4.42. The summed E-state index contributed by atoms with van der Waals surface area (Å²) in [5.74, 6) is -0.490. The molecular weight excluding hydrogens is 478 g/mol. The van der Waals surface area contributed by atoms with E-state index in [1.54, 1.807) is 6.92 Å². The molecule has 1 aromatic heterocycles. The Kier molecular flexibility index (Phi) is 6.34. The number of halogens is 5. The number of nitrogens with zero attached hydrogens (tertiary/aromatic N) is 4. The molecule has 7 nitrogen and oxygen atoms in total. The summed E-state index contributed by atoms with van der Waals surface area (Å²) in [5.41, 5.74) is 0.273. The molecule has 0 aliphatic carbocycles. The van der Waals surface area contributed by atoms with Crippen LogP contribution in [0.3, 0.4) is 0 Å². The third-order valence-electron chi connectivity index (χ3n) is 5.93. The minimum absolute atomic E-state index is 0.0729. The second kappa shape index (κ2) is 8.95. The number of alkyl halides is 3. The Bertz CT molecular complexity index is 1250. The van der Waals surface area contributed by atoms with Gasteiger partial charge in [0, 0.05) is 23.7 Å². The first-order valence-electron chi connectivity index (χ1n) is 10.5. The molecule has 3 aromatic rings. The van der Waals surface area contributed by atoms with Gasteiger partial charge in [-0.15, -0.1) is 5.10 Å². The van der Waals surface area contributed by atoms with Crippen LogP contribution in [-0.2, 0) is 13.2 Å². The normalized spacial score (nSPS) is 16.8. The van der Waals surface area contributed by atoms with Crippen LogP contribution in [0.15, 0.2) is 41.2 Å². The summed E-state index contributed by atoms with van der Waals surface area (Å²) in [6, 6.07) is 5.80. The fraction of sp³-hybridized carbons (Fsp3) is 0.364. The lowest BCUT2D eigenvalue weighted by Crippen LogP contribution is -2.49. The number of aliphatic hydroxyl groups is 1. The lowest BCUT2D eigenvalue weighted by Gasteiger charge is -2.41. The maximum Gasteiger partial charge on any atom is 0.408 e. The number of nitrogens with one attached hydrogen (secondary N) is 1. The van der Waals surface area contributed by atoms with E-state index in [9.17, 15) is 27.5 Å². The van der Waals surface area contributed by atoms with Crippen molar-refractivity contribution in [3.05, 3.63) is 69.1 Å². The van der Waals surface area contributed by atoms with Gasteiger partial charge in [0.25, 0.3) is 0 Å². The van der Waals surface area contributed by atoms with Crippen molar-refractivity contribution in [3.63, 3.8) is 0 Å². The molecule has 2 atom stereocenters. The first-order chi connectivity index (χ1) is 16.1. The number of benzene rings is 2. The van der Waals surface area contributed by atoms with E-state index in [2.05, 4.69) is 10.4 Å². The summed E-state index contributed by atoms with van der Waals surface area (Å²) in [4.78, 5) is 13.8. The van der Waals surface area contributed by atoms with E-state index >= 15 is 0 Å². The number of rotatable bonds is 5. The smallest absolute Gasteiger partial charge is 0.388 e. The summed E-state index contributed by atoms with van der Waals surface area (Å²) in [5, 5.41) is 16.8. The zero-order valence-corrected chi connectivity index (χ0v) is 19.0. The second-order valence-corrected chi connectivity index (χ2v) is 8.32. The summed E-state index contributed by atoms with van der Waals surface area (Å²) in [6.07, 6.45) is -4.57. The van der Waals surface area contributed by atoms with Crippen molar-refractivity contribution in [2.45, 2.75) is 45.3 Å². The topological polar surface area (TPSA) is 75.3 Å². The third-order valence-corrected chi connectivity index (χ3v) is 6.26. The molecule has 2 aromatic carbocycles. The standard InChI is InChI=1S/C22H22ClF4N5O2/c1-3-30-19(11-33)29-32(21(30)34)13-7-8-16-18(9-13)31(12(2)22(25,26)27)10-17(28-16)20-14(23)5-4-6-15(20)24/h4-9,12,17,28,33H,3,10-11H2,1-2H3. The van der Waals surface area contributed by atoms with Crippen molar-refractivity contribution >= 4 is 23.0 Å². The highest BCUT2D eigenvalue weighted by Crippen LogP contribution is 2.42. The number of hydrogen-bond acceptors (Lipinski definition) is 5. The highest BCUT2D eigenvalue weighted by atomic mass is 35.5. The van der Waals surface area contributed by atoms with Gasteiger partial charge in [0.2, 0.25) is 0 Å². The minimum Gasteiger partial charge on any atom is -0.388 e. The summed E-state index contributed by atoms with van der Waals surface area (Å²) >= 11 is 6.18. The Labute approximate surface area is 197 Å². The van der Waals surface area contributed by atoms with Gasteiger partial charge < -0.3 is 15.3 Å². The van der Waals surface area contributed by atoms with Gasteiger partial charge in [-0.1, -0.05) is 17.7 Å². The van der Waals surface area contributed by atoms with E-state index in [1.165, 1.54) is 41.0 Å². The molecular formula is C22H22ClF4N5O2. The third kappa shape index (κ3) is 4.14. The van der Waals surface area contributed by atoms with Gasteiger partial charge in [0.15, 0.2) is 5.82 Å². The molecule has 0 bridgehead atoms. The molecule has 2 unspecified atom stereocenters. The zero-order valence-electron chi connectivity index (χ0n) is 18.3. The average Bonchev–Trinajstić information content (AvgIpc) is 3.12.